The standard InChI is InChI=1S/C21H15F3O3/c22-21(23,24)17-7-6-16(13-25)20(12-17)27-19-10-8-18(9-11-19)26-14-15-4-2-1-3-5-15/h1-13H,14H2. The number of halogens is 3. The number of hydrogen-bond acceptors (Lipinski definition) is 3. The molecule has 3 nitrogen and oxygen atoms in total. The predicted molar refractivity (Wildman–Crippen MR) is 94.1 cm³/mol. The lowest BCUT2D eigenvalue weighted by atomic mass is 10.1. The first-order valence-corrected chi connectivity index (χ1v) is 8.07. The van der Waals surface area contributed by atoms with Crippen LogP contribution in [-0.2, 0) is 12.8 Å². The summed E-state index contributed by atoms with van der Waals surface area (Å²) in [5, 5.41) is 0. The molecule has 0 amide bonds. The number of hydrogen-bond donors (Lipinski definition) is 0. The molecule has 3 aromatic carbocycles. The quantitative estimate of drug-likeness (QED) is 0.506. The van der Waals surface area contributed by atoms with Crippen LogP contribution in [0.5, 0.6) is 17.2 Å². The van der Waals surface area contributed by atoms with E-state index < -0.39 is 11.7 Å². The summed E-state index contributed by atoms with van der Waals surface area (Å²) in [4.78, 5) is 11.1. The zero-order valence-electron chi connectivity index (χ0n) is 14.1. The first-order valence-electron chi connectivity index (χ1n) is 8.07. The first-order chi connectivity index (χ1) is 13.0. The van der Waals surface area contributed by atoms with Crippen LogP contribution in [-0.4, -0.2) is 6.29 Å². The lowest BCUT2D eigenvalue weighted by Gasteiger charge is -2.12. The maximum atomic E-state index is 12.9. The molecule has 0 fully saturated rings. The maximum absolute atomic E-state index is 12.9. The van der Waals surface area contributed by atoms with Crippen molar-refractivity contribution >= 4 is 6.29 Å². The minimum Gasteiger partial charge on any atom is -0.489 e. The van der Waals surface area contributed by atoms with Crippen molar-refractivity contribution in [3.8, 4) is 17.2 Å². The number of rotatable bonds is 6. The third kappa shape index (κ3) is 4.88. The fourth-order valence-electron chi connectivity index (χ4n) is 2.37. The Bertz CT molecular complexity index is 904. The molecular weight excluding hydrogens is 357 g/mol. The van der Waals surface area contributed by atoms with Gasteiger partial charge in [-0.3, -0.25) is 4.79 Å². The van der Waals surface area contributed by atoms with E-state index in [0.29, 0.717) is 24.4 Å². The van der Waals surface area contributed by atoms with E-state index in [-0.39, 0.29) is 11.3 Å². The van der Waals surface area contributed by atoms with Gasteiger partial charge in [-0.15, -0.1) is 0 Å². The van der Waals surface area contributed by atoms with Crippen molar-refractivity contribution in [2.45, 2.75) is 12.8 Å². The van der Waals surface area contributed by atoms with Crippen LogP contribution in [0, 0.1) is 0 Å². The van der Waals surface area contributed by atoms with E-state index in [1.165, 1.54) is 0 Å². The van der Waals surface area contributed by atoms with E-state index in [0.717, 1.165) is 23.8 Å². The second kappa shape index (κ2) is 7.95. The number of ether oxygens (including phenoxy) is 2. The summed E-state index contributed by atoms with van der Waals surface area (Å²) in [7, 11) is 0. The minimum absolute atomic E-state index is 0.0346. The Labute approximate surface area is 154 Å². The highest BCUT2D eigenvalue weighted by molar-refractivity contribution is 5.79. The molecule has 0 aliphatic carbocycles. The van der Waals surface area contributed by atoms with Crippen molar-refractivity contribution in [2.75, 3.05) is 0 Å². The summed E-state index contributed by atoms with van der Waals surface area (Å²) in [5.41, 5.74) is 0.163. The zero-order valence-corrected chi connectivity index (χ0v) is 14.1. The van der Waals surface area contributed by atoms with Gasteiger partial charge in [0.05, 0.1) is 11.1 Å². The molecule has 3 aromatic rings. The van der Waals surface area contributed by atoms with Gasteiger partial charge < -0.3 is 9.47 Å². The molecule has 0 atom stereocenters. The van der Waals surface area contributed by atoms with Crippen LogP contribution in [0.3, 0.4) is 0 Å². The summed E-state index contributed by atoms with van der Waals surface area (Å²) in [6.45, 7) is 0.393. The number of benzene rings is 3. The van der Waals surface area contributed by atoms with E-state index >= 15 is 0 Å². The van der Waals surface area contributed by atoms with Crippen LogP contribution >= 0.6 is 0 Å². The van der Waals surface area contributed by atoms with E-state index in [1.54, 1.807) is 24.3 Å². The monoisotopic (exact) mass is 372 g/mol. The molecule has 0 aromatic heterocycles. The summed E-state index contributed by atoms with van der Waals surface area (Å²) in [6.07, 6.45) is -4.07. The Kier molecular flexibility index (Phi) is 5.45. The summed E-state index contributed by atoms with van der Waals surface area (Å²) in [5.74, 6) is 0.730. The fraction of sp³-hybridized carbons (Fsp3) is 0.0952. The highest BCUT2D eigenvalue weighted by atomic mass is 19.4. The van der Waals surface area contributed by atoms with Gasteiger partial charge in [0.2, 0.25) is 0 Å². The smallest absolute Gasteiger partial charge is 0.416 e. The van der Waals surface area contributed by atoms with Crippen molar-refractivity contribution in [1.82, 2.24) is 0 Å². The largest absolute Gasteiger partial charge is 0.489 e. The molecule has 6 heteroatoms. The molecule has 0 saturated heterocycles. The van der Waals surface area contributed by atoms with Crippen LogP contribution in [0.2, 0.25) is 0 Å². The predicted octanol–water partition coefficient (Wildman–Crippen LogP) is 5.89. The normalized spacial score (nSPS) is 11.1. The van der Waals surface area contributed by atoms with Crippen LogP contribution in [0.15, 0.2) is 72.8 Å². The molecule has 3 rings (SSSR count). The molecule has 0 spiro atoms. The number of carbonyl (C=O) groups is 1. The lowest BCUT2D eigenvalue weighted by molar-refractivity contribution is -0.137. The second-order valence-electron chi connectivity index (χ2n) is 5.72. The van der Waals surface area contributed by atoms with Gasteiger partial charge in [-0.1, -0.05) is 30.3 Å². The molecule has 0 aliphatic heterocycles. The number of carbonyl (C=O) groups excluding carboxylic acids is 1. The van der Waals surface area contributed by atoms with E-state index in [1.807, 2.05) is 30.3 Å². The molecule has 0 radical (unpaired) electrons. The summed E-state index contributed by atoms with van der Waals surface area (Å²) >= 11 is 0. The van der Waals surface area contributed by atoms with Crippen molar-refractivity contribution in [1.29, 1.82) is 0 Å². The molecule has 0 bridgehead atoms. The molecular formula is C21H15F3O3. The van der Waals surface area contributed by atoms with E-state index in [4.69, 9.17) is 9.47 Å². The van der Waals surface area contributed by atoms with Gasteiger partial charge in [0.1, 0.15) is 23.9 Å². The van der Waals surface area contributed by atoms with Crippen molar-refractivity contribution in [3.05, 3.63) is 89.5 Å². The highest BCUT2D eigenvalue weighted by Gasteiger charge is 2.31. The minimum atomic E-state index is -4.52. The topological polar surface area (TPSA) is 35.5 Å². The Morgan fingerprint density at radius 3 is 2.15 bits per heavy atom. The average Bonchev–Trinajstić information content (AvgIpc) is 2.67. The SMILES string of the molecule is O=Cc1ccc(C(F)(F)F)cc1Oc1ccc(OCc2ccccc2)cc1. The Morgan fingerprint density at radius 2 is 1.52 bits per heavy atom. The Balaban J connectivity index is 1.72. The van der Waals surface area contributed by atoms with Gasteiger partial charge in [-0.05, 0) is 48.0 Å². The maximum Gasteiger partial charge on any atom is 0.416 e. The third-order valence-electron chi connectivity index (χ3n) is 3.77. The summed E-state index contributed by atoms with van der Waals surface area (Å²) < 4.78 is 49.7. The van der Waals surface area contributed by atoms with Crippen LogP contribution in [0.4, 0.5) is 13.2 Å². The molecule has 0 saturated carbocycles. The molecule has 0 aliphatic rings. The fourth-order valence-corrected chi connectivity index (χ4v) is 2.37. The number of aldehydes is 1. The van der Waals surface area contributed by atoms with Crippen LogP contribution in [0.1, 0.15) is 21.5 Å². The van der Waals surface area contributed by atoms with Crippen molar-refractivity contribution in [2.24, 2.45) is 0 Å². The summed E-state index contributed by atoms with van der Waals surface area (Å²) in [6, 6.07) is 18.8. The molecule has 0 unspecified atom stereocenters. The first kappa shape index (κ1) is 18.5. The third-order valence-corrected chi connectivity index (χ3v) is 3.77. The van der Waals surface area contributed by atoms with E-state index in [2.05, 4.69) is 0 Å². The number of alkyl halides is 3. The lowest BCUT2D eigenvalue weighted by Crippen LogP contribution is -2.05. The Morgan fingerprint density at radius 1 is 0.852 bits per heavy atom. The van der Waals surface area contributed by atoms with Gasteiger partial charge in [0, 0.05) is 0 Å². The molecule has 0 N–H and O–H groups in total. The Hall–Kier alpha value is -3.28. The zero-order chi connectivity index (χ0) is 19.3. The van der Waals surface area contributed by atoms with Crippen LogP contribution in [0.25, 0.3) is 0 Å². The van der Waals surface area contributed by atoms with Gasteiger partial charge >= 0.3 is 6.18 Å². The molecule has 27 heavy (non-hydrogen) atoms. The second-order valence-corrected chi connectivity index (χ2v) is 5.72. The molecule has 138 valence electrons. The average molecular weight is 372 g/mol. The molecule has 0 heterocycles. The van der Waals surface area contributed by atoms with Gasteiger partial charge in [0.15, 0.2) is 6.29 Å². The van der Waals surface area contributed by atoms with Crippen molar-refractivity contribution < 1.29 is 27.4 Å². The van der Waals surface area contributed by atoms with Crippen LogP contribution < -0.4 is 9.47 Å². The highest BCUT2D eigenvalue weighted by Crippen LogP contribution is 2.34. The van der Waals surface area contributed by atoms with Gasteiger partial charge in [-0.25, -0.2) is 0 Å². The van der Waals surface area contributed by atoms with Gasteiger partial charge in [0.25, 0.3) is 0 Å². The van der Waals surface area contributed by atoms with Crippen molar-refractivity contribution in [3.63, 3.8) is 0 Å². The van der Waals surface area contributed by atoms with E-state index in [9.17, 15) is 18.0 Å². The van der Waals surface area contributed by atoms with Gasteiger partial charge in [-0.2, -0.15) is 13.2 Å².